The quantitative estimate of drug-likeness (QED) is 0.887. The minimum Gasteiger partial charge on any atom is -0.497 e. The van der Waals surface area contributed by atoms with Crippen molar-refractivity contribution in [2.75, 3.05) is 20.2 Å². The number of ether oxygens (including phenoxy) is 1. The lowest BCUT2D eigenvalue weighted by Gasteiger charge is -2.36. The largest absolute Gasteiger partial charge is 0.497 e. The first-order valence-corrected chi connectivity index (χ1v) is 9.15. The topological polar surface area (TPSA) is 50.5 Å². The van der Waals surface area contributed by atoms with Crippen molar-refractivity contribution < 1.29 is 9.84 Å². The Morgan fingerprint density at radius 3 is 2.88 bits per heavy atom. The van der Waals surface area contributed by atoms with E-state index in [2.05, 4.69) is 23.0 Å². The number of aliphatic hydroxyl groups excluding tert-OH is 1. The van der Waals surface area contributed by atoms with Crippen molar-refractivity contribution in [2.24, 2.45) is 7.05 Å². The van der Waals surface area contributed by atoms with Crippen LogP contribution in [0.3, 0.4) is 0 Å². The van der Waals surface area contributed by atoms with Gasteiger partial charge >= 0.3 is 0 Å². The zero-order valence-electron chi connectivity index (χ0n) is 15.1. The van der Waals surface area contributed by atoms with E-state index >= 15 is 0 Å². The molecule has 1 saturated heterocycles. The van der Waals surface area contributed by atoms with Crippen molar-refractivity contribution in [3.05, 3.63) is 46.2 Å². The molecule has 0 amide bonds. The molecule has 0 radical (unpaired) electrons. The molecule has 136 valence electrons. The van der Waals surface area contributed by atoms with Gasteiger partial charge in [-0.05, 0) is 37.1 Å². The fraction of sp³-hybridized carbons (Fsp3) is 0.526. The Balaban J connectivity index is 1.70. The van der Waals surface area contributed by atoms with Gasteiger partial charge in [0, 0.05) is 31.6 Å². The summed E-state index contributed by atoms with van der Waals surface area (Å²) >= 11 is 6.40. The minimum absolute atomic E-state index is 0.140. The highest BCUT2D eigenvalue weighted by Gasteiger charge is 2.30. The third-order valence-corrected chi connectivity index (χ3v) is 5.53. The van der Waals surface area contributed by atoms with E-state index in [1.54, 1.807) is 11.8 Å². The van der Waals surface area contributed by atoms with E-state index < -0.39 is 6.10 Å². The van der Waals surface area contributed by atoms with Gasteiger partial charge < -0.3 is 9.84 Å². The van der Waals surface area contributed by atoms with E-state index in [0.29, 0.717) is 11.7 Å². The maximum absolute atomic E-state index is 10.7. The Labute approximate surface area is 154 Å². The van der Waals surface area contributed by atoms with Crippen LogP contribution in [-0.4, -0.2) is 46.1 Å². The van der Waals surface area contributed by atoms with Gasteiger partial charge in [0.1, 0.15) is 10.9 Å². The van der Waals surface area contributed by atoms with E-state index in [1.807, 2.05) is 25.2 Å². The molecule has 0 bridgehead atoms. The molecule has 0 aliphatic carbocycles. The highest BCUT2D eigenvalue weighted by Crippen LogP contribution is 2.32. The van der Waals surface area contributed by atoms with Gasteiger partial charge in [-0.2, -0.15) is 5.10 Å². The zero-order valence-corrected chi connectivity index (χ0v) is 15.8. The Hall–Kier alpha value is -1.56. The smallest absolute Gasteiger partial charge is 0.131 e. The van der Waals surface area contributed by atoms with Gasteiger partial charge in [-0.3, -0.25) is 9.58 Å². The molecule has 2 atom stereocenters. The summed E-state index contributed by atoms with van der Waals surface area (Å²) in [4.78, 5) is 2.27. The van der Waals surface area contributed by atoms with Crippen LogP contribution < -0.4 is 4.74 Å². The van der Waals surface area contributed by atoms with Crippen LogP contribution in [-0.2, 0) is 20.0 Å². The van der Waals surface area contributed by atoms with Crippen molar-refractivity contribution in [1.29, 1.82) is 0 Å². The van der Waals surface area contributed by atoms with E-state index in [9.17, 15) is 5.11 Å². The number of rotatable bonds is 5. The van der Waals surface area contributed by atoms with Gasteiger partial charge in [-0.25, -0.2) is 0 Å². The highest BCUT2D eigenvalue weighted by molar-refractivity contribution is 6.30. The molecular weight excluding hydrogens is 338 g/mol. The van der Waals surface area contributed by atoms with Crippen molar-refractivity contribution in [1.82, 2.24) is 14.7 Å². The molecule has 1 fully saturated rings. The average molecular weight is 364 g/mol. The zero-order chi connectivity index (χ0) is 18.0. The van der Waals surface area contributed by atoms with Crippen LogP contribution in [0.15, 0.2) is 24.3 Å². The Morgan fingerprint density at radius 2 is 2.20 bits per heavy atom. The van der Waals surface area contributed by atoms with Crippen LogP contribution in [0, 0.1) is 0 Å². The number of nitrogens with zero attached hydrogens (tertiary/aromatic N) is 3. The molecule has 1 N–H and O–H groups in total. The van der Waals surface area contributed by atoms with Gasteiger partial charge in [-0.15, -0.1) is 0 Å². The number of methoxy groups -OCH3 is 1. The SMILES string of the molecule is CCc1nn(C)c(Cl)c1CN1CC[C@H](c2cccc(OC)c2)[C@@H](O)C1. The number of hydrogen-bond donors (Lipinski definition) is 1. The fourth-order valence-electron chi connectivity index (χ4n) is 3.67. The van der Waals surface area contributed by atoms with Crippen LogP contribution >= 0.6 is 11.6 Å². The number of piperidine rings is 1. The molecule has 1 aromatic carbocycles. The average Bonchev–Trinajstić information content (AvgIpc) is 2.89. The Morgan fingerprint density at radius 1 is 1.40 bits per heavy atom. The summed E-state index contributed by atoms with van der Waals surface area (Å²) in [6.07, 6.45) is 1.37. The maximum atomic E-state index is 10.7. The number of aromatic nitrogens is 2. The minimum atomic E-state index is -0.402. The van der Waals surface area contributed by atoms with Crippen LogP contribution in [0.4, 0.5) is 0 Å². The number of hydrogen-bond acceptors (Lipinski definition) is 4. The van der Waals surface area contributed by atoms with E-state index in [-0.39, 0.29) is 5.92 Å². The molecular formula is C19H26ClN3O2. The number of likely N-dealkylation sites (tertiary alicyclic amines) is 1. The summed E-state index contributed by atoms with van der Waals surface area (Å²) in [7, 11) is 3.54. The van der Waals surface area contributed by atoms with E-state index in [1.165, 1.54) is 0 Å². The summed E-state index contributed by atoms with van der Waals surface area (Å²) in [5, 5.41) is 15.9. The monoisotopic (exact) mass is 363 g/mol. The van der Waals surface area contributed by atoms with Crippen LogP contribution in [0.5, 0.6) is 5.75 Å². The van der Waals surface area contributed by atoms with Gasteiger partial charge in [0.25, 0.3) is 0 Å². The third kappa shape index (κ3) is 3.84. The molecule has 0 spiro atoms. The summed E-state index contributed by atoms with van der Waals surface area (Å²) < 4.78 is 7.04. The molecule has 3 rings (SSSR count). The second kappa shape index (κ2) is 7.77. The molecule has 1 aliphatic rings. The number of aliphatic hydroxyl groups is 1. The second-order valence-electron chi connectivity index (χ2n) is 6.67. The molecule has 2 heterocycles. The summed E-state index contributed by atoms with van der Waals surface area (Å²) in [6, 6.07) is 8.01. The van der Waals surface area contributed by atoms with Gasteiger partial charge in [-0.1, -0.05) is 30.7 Å². The van der Waals surface area contributed by atoms with E-state index in [4.69, 9.17) is 16.3 Å². The summed E-state index contributed by atoms with van der Waals surface area (Å²) in [6.45, 7) is 4.38. The predicted molar refractivity (Wildman–Crippen MR) is 99.2 cm³/mol. The first kappa shape index (κ1) is 18.2. The molecule has 0 saturated carbocycles. The van der Waals surface area contributed by atoms with Gasteiger partial charge in [0.05, 0.1) is 18.9 Å². The maximum Gasteiger partial charge on any atom is 0.131 e. The summed E-state index contributed by atoms with van der Waals surface area (Å²) in [5.74, 6) is 0.975. The van der Waals surface area contributed by atoms with Gasteiger partial charge in [0.15, 0.2) is 0 Å². The van der Waals surface area contributed by atoms with Crippen molar-refractivity contribution in [3.8, 4) is 5.75 Å². The molecule has 5 nitrogen and oxygen atoms in total. The fourth-order valence-corrected chi connectivity index (χ4v) is 3.87. The van der Waals surface area contributed by atoms with Gasteiger partial charge in [0.2, 0.25) is 0 Å². The highest BCUT2D eigenvalue weighted by atomic mass is 35.5. The molecule has 6 heteroatoms. The van der Waals surface area contributed by atoms with Crippen molar-refractivity contribution in [3.63, 3.8) is 0 Å². The standard InChI is InChI=1S/C19H26ClN3O2/c1-4-17-16(19(20)22(2)21-17)11-23-9-8-15(18(24)12-23)13-6-5-7-14(10-13)25-3/h5-7,10,15,18,24H,4,8-9,11-12H2,1-3H3/t15-,18+/m1/s1. The van der Waals surface area contributed by atoms with Crippen LogP contribution in [0.25, 0.3) is 0 Å². The number of halogens is 1. The Bertz CT molecular complexity index is 731. The van der Waals surface area contributed by atoms with Crippen LogP contribution in [0.1, 0.15) is 36.1 Å². The predicted octanol–water partition coefficient (Wildman–Crippen LogP) is 2.99. The lowest BCUT2D eigenvalue weighted by atomic mass is 9.87. The first-order valence-electron chi connectivity index (χ1n) is 8.78. The first-order chi connectivity index (χ1) is 12.0. The molecule has 2 aromatic rings. The van der Waals surface area contributed by atoms with Crippen molar-refractivity contribution >= 4 is 11.6 Å². The van der Waals surface area contributed by atoms with E-state index in [0.717, 1.165) is 48.5 Å². The lowest BCUT2D eigenvalue weighted by Crippen LogP contribution is -2.42. The molecule has 0 unspecified atom stereocenters. The summed E-state index contributed by atoms with van der Waals surface area (Å²) in [5.41, 5.74) is 3.26. The number of aryl methyl sites for hydroxylation is 2. The third-order valence-electron chi connectivity index (χ3n) is 5.06. The Kier molecular flexibility index (Phi) is 5.67. The van der Waals surface area contributed by atoms with Crippen molar-refractivity contribution in [2.45, 2.75) is 38.3 Å². The lowest BCUT2D eigenvalue weighted by molar-refractivity contribution is 0.0475. The molecule has 1 aromatic heterocycles. The second-order valence-corrected chi connectivity index (χ2v) is 7.03. The van der Waals surface area contributed by atoms with Crippen LogP contribution in [0.2, 0.25) is 5.15 Å². The number of β-amino-alcohol motifs (C(OH)–C–C–N with tert-alkyl or cyclic N) is 1. The molecule has 25 heavy (non-hydrogen) atoms. The molecule has 1 aliphatic heterocycles. The normalized spacial score (nSPS) is 21.5. The number of benzene rings is 1.